The van der Waals surface area contributed by atoms with Crippen LogP contribution in [0.15, 0.2) is 0 Å². The maximum Gasteiger partial charge on any atom is 0.131 e. The largest absolute Gasteiger partial charge is 0.300 e. The summed E-state index contributed by atoms with van der Waals surface area (Å²) >= 11 is 0. The molecular formula is C14H26N2O. The zero-order valence-corrected chi connectivity index (χ0v) is 11.3. The van der Waals surface area contributed by atoms with Gasteiger partial charge in [0.05, 0.1) is 0 Å². The van der Waals surface area contributed by atoms with Crippen molar-refractivity contribution in [3.8, 4) is 0 Å². The molecule has 2 aliphatic rings. The van der Waals surface area contributed by atoms with Gasteiger partial charge in [-0.1, -0.05) is 12.8 Å². The van der Waals surface area contributed by atoms with Gasteiger partial charge in [-0.3, -0.25) is 14.6 Å². The maximum absolute atomic E-state index is 11.1. The van der Waals surface area contributed by atoms with Gasteiger partial charge < -0.3 is 0 Å². The lowest BCUT2D eigenvalue weighted by molar-refractivity contribution is -0.118. The molecule has 3 nitrogen and oxygen atoms in total. The van der Waals surface area contributed by atoms with Crippen LogP contribution in [0, 0.1) is 0 Å². The molecule has 17 heavy (non-hydrogen) atoms. The van der Waals surface area contributed by atoms with E-state index in [0.717, 1.165) is 19.1 Å². The number of ketones is 1. The van der Waals surface area contributed by atoms with Crippen LogP contribution < -0.4 is 0 Å². The highest BCUT2D eigenvalue weighted by molar-refractivity contribution is 5.76. The summed E-state index contributed by atoms with van der Waals surface area (Å²) in [7, 11) is 0. The highest BCUT2D eigenvalue weighted by atomic mass is 16.1. The van der Waals surface area contributed by atoms with Crippen molar-refractivity contribution in [1.82, 2.24) is 9.80 Å². The van der Waals surface area contributed by atoms with Crippen molar-refractivity contribution in [3.63, 3.8) is 0 Å². The summed E-state index contributed by atoms with van der Waals surface area (Å²) in [4.78, 5) is 16.3. The molecule has 0 amide bonds. The molecule has 0 bridgehead atoms. The number of rotatable bonds is 4. The summed E-state index contributed by atoms with van der Waals surface area (Å²) in [5.74, 6) is 0.315. The van der Waals surface area contributed by atoms with Gasteiger partial charge in [-0.15, -0.1) is 0 Å². The van der Waals surface area contributed by atoms with Crippen LogP contribution >= 0.6 is 0 Å². The molecule has 0 N–H and O–H groups in total. The SMILES string of the molecule is CC(=O)CC(C)N1CCN(C2CCCC2)CC1. The third-order valence-electron chi connectivity index (χ3n) is 4.40. The Morgan fingerprint density at radius 3 is 2.29 bits per heavy atom. The van der Waals surface area contributed by atoms with Gasteiger partial charge >= 0.3 is 0 Å². The molecule has 1 saturated carbocycles. The number of carbonyl (C=O) groups excluding carboxylic acids is 1. The van der Waals surface area contributed by atoms with Crippen molar-refractivity contribution in [1.29, 1.82) is 0 Å². The minimum absolute atomic E-state index is 0.315. The van der Waals surface area contributed by atoms with Crippen LogP contribution in [0.2, 0.25) is 0 Å². The molecule has 0 aromatic heterocycles. The molecule has 1 unspecified atom stereocenters. The molecule has 0 aromatic carbocycles. The normalized spacial score (nSPS) is 26.2. The maximum atomic E-state index is 11.1. The molecule has 2 rings (SSSR count). The third-order valence-corrected chi connectivity index (χ3v) is 4.40. The second-order valence-electron chi connectivity index (χ2n) is 5.77. The molecular weight excluding hydrogens is 212 g/mol. The first kappa shape index (κ1) is 13.0. The lowest BCUT2D eigenvalue weighted by Gasteiger charge is -2.40. The van der Waals surface area contributed by atoms with E-state index in [-0.39, 0.29) is 0 Å². The van der Waals surface area contributed by atoms with Crippen molar-refractivity contribution < 1.29 is 4.79 Å². The van der Waals surface area contributed by atoms with Crippen molar-refractivity contribution >= 4 is 5.78 Å². The van der Waals surface area contributed by atoms with E-state index in [0.29, 0.717) is 18.2 Å². The van der Waals surface area contributed by atoms with Gasteiger partial charge in [0.1, 0.15) is 5.78 Å². The Balaban J connectivity index is 1.75. The predicted molar refractivity (Wildman–Crippen MR) is 70.2 cm³/mol. The summed E-state index contributed by atoms with van der Waals surface area (Å²) in [5, 5.41) is 0. The van der Waals surface area contributed by atoms with E-state index in [9.17, 15) is 4.79 Å². The molecule has 1 aliphatic carbocycles. The van der Waals surface area contributed by atoms with Crippen LogP contribution in [-0.4, -0.2) is 53.8 Å². The summed E-state index contributed by atoms with van der Waals surface area (Å²) in [5.41, 5.74) is 0. The second kappa shape index (κ2) is 5.96. The van der Waals surface area contributed by atoms with Gasteiger partial charge in [0.15, 0.2) is 0 Å². The first-order valence-corrected chi connectivity index (χ1v) is 7.14. The molecule has 0 spiro atoms. The predicted octanol–water partition coefficient (Wildman–Crippen LogP) is 1.91. The Bertz CT molecular complexity index is 253. The van der Waals surface area contributed by atoms with Crippen molar-refractivity contribution in [2.45, 2.75) is 58.0 Å². The zero-order chi connectivity index (χ0) is 12.3. The van der Waals surface area contributed by atoms with E-state index in [2.05, 4.69) is 16.7 Å². The van der Waals surface area contributed by atoms with E-state index in [1.165, 1.54) is 38.8 Å². The van der Waals surface area contributed by atoms with E-state index in [4.69, 9.17) is 0 Å². The Hall–Kier alpha value is -0.410. The molecule has 2 fully saturated rings. The lowest BCUT2D eigenvalue weighted by Crippen LogP contribution is -2.52. The number of Topliss-reactive ketones (excluding diaryl/α,β-unsaturated/α-hetero) is 1. The monoisotopic (exact) mass is 238 g/mol. The Morgan fingerprint density at radius 2 is 1.76 bits per heavy atom. The van der Waals surface area contributed by atoms with Crippen molar-refractivity contribution in [3.05, 3.63) is 0 Å². The van der Waals surface area contributed by atoms with Gasteiger partial charge in [-0.2, -0.15) is 0 Å². The van der Waals surface area contributed by atoms with Gasteiger partial charge in [0, 0.05) is 44.7 Å². The van der Waals surface area contributed by atoms with Gasteiger partial charge in [0.25, 0.3) is 0 Å². The van der Waals surface area contributed by atoms with Gasteiger partial charge in [0.2, 0.25) is 0 Å². The zero-order valence-electron chi connectivity index (χ0n) is 11.3. The topological polar surface area (TPSA) is 23.6 Å². The van der Waals surface area contributed by atoms with Crippen LogP contribution in [0.4, 0.5) is 0 Å². The van der Waals surface area contributed by atoms with Gasteiger partial charge in [-0.05, 0) is 26.7 Å². The minimum atomic E-state index is 0.315. The number of piperazine rings is 1. The molecule has 1 aliphatic heterocycles. The molecule has 1 heterocycles. The third kappa shape index (κ3) is 3.52. The first-order valence-electron chi connectivity index (χ1n) is 7.14. The summed E-state index contributed by atoms with van der Waals surface area (Å²) in [6, 6.07) is 1.29. The molecule has 1 saturated heterocycles. The summed E-state index contributed by atoms with van der Waals surface area (Å²) in [6.45, 7) is 8.58. The standard InChI is InChI=1S/C14H26N2O/c1-12(11-13(2)17)15-7-9-16(10-8-15)14-5-3-4-6-14/h12,14H,3-11H2,1-2H3. The smallest absolute Gasteiger partial charge is 0.131 e. The molecule has 0 aromatic rings. The van der Waals surface area contributed by atoms with E-state index < -0.39 is 0 Å². The fourth-order valence-corrected chi connectivity index (χ4v) is 3.36. The number of carbonyl (C=O) groups is 1. The van der Waals surface area contributed by atoms with Gasteiger partial charge in [-0.25, -0.2) is 0 Å². The van der Waals surface area contributed by atoms with Crippen LogP contribution in [0.25, 0.3) is 0 Å². The summed E-state index contributed by atoms with van der Waals surface area (Å²) < 4.78 is 0. The van der Waals surface area contributed by atoms with E-state index in [1.807, 2.05) is 0 Å². The fraction of sp³-hybridized carbons (Fsp3) is 0.929. The highest BCUT2D eigenvalue weighted by Crippen LogP contribution is 2.24. The van der Waals surface area contributed by atoms with E-state index in [1.54, 1.807) is 6.92 Å². The minimum Gasteiger partial charge on any atom is -0.300 e. The average Bonchev–Trinajstić information content (AvgIpc) is 2.82. The Labute approximate surface area is 105 Å². The van der Waals surface area contributed by atoms with Crippen LogP contribution in [0.1, 0.15) is 46.0 Å². The highest BCUT2D eigenvalue weighted by Gasteiger charge is 2.27. The van der Waals surface area contributed by atoms with E-state index >= 15 is 0 Å². The number of hydrogen-bond acceptors (Lipinski definition) is 3. The number of hydrogen-bond donors (Lipinski definition) is 0. The Kier molecular flexibility index (Phi) is 4.57. The van der Waals surface area contributed by atoms with Crippen molar-refractivity contribution in [2.24, 2.45) is 0 Å². The van der Waals surface area contributed by atoms with Crippen LogP contribution in [-0.2, 0) is 4.79 Å². The first-order chi connectivity index (χ1) is 8.16. The fourth-order valence-electron chi connectivity index (χ4n) is 3.36. The van der Waals surface area contributed by atoms with Crippen LogP contribution in [0.5, 0.6) is 0 Å². The molecule has 1 atom stereocenters. The second-order valence-corrected chi connectivity index (χ2v) is 5.77. The van der Waals surface area contributed by atoms with Crippen LogP contribution in [0.3, 0.4) is 0 Å². The number of nitrogens with zero attached hydrogens (tertiary/aromatic N) is 2. The quantitative estimate of drug-likeness (QED) is 0.747. The molecule has 0 radical (unpaired) electrons. The Morgan fingerprint density at radius 1 is 1.18 bits per heavy atom. The average molecular weight is 238 g/mol. The molecule has 3 heteroatoms. The van der Waals surface area contributed by atoms with Crippen molar-refractivity contribution in [2.75, 3.05) is 26.2 Å². The summed E-state index contributed by atoms with van der Waals surface area (Å²) in [6.07, 6.45) is 6.37. The lowest BCUT2D eigenvalue weighted by atomic mass is 10.1. The molecule has 98 valence electrons.